The fraction of sp³-hybridized carbons (Fsp3) is 0.308. The van der Waals surface area contributed by atoms with Crippen LogP contribution in [0.1, 0.15) is 24.0 Å². The molecule has 0 N–H and O–H groups in total. The molecule has 0 fully saturated rings. The predicted octanol–water partition coefficient (Wildman–Crippen LogP) is 2.33. The van der Waals surface area contributed by atoms with Crippen LogP contribution in [-0.2, 0) is 21.6 Å². The van der Waals surface area contributed by atoms with E-state index in [1.807, 2.05) is 18.2 Å². The van der Waals surface area contributed by atoms with E-state index < -0.39 is 5.60 Å². The molecule has 1 aliphatic carbocycles. The topological polar surface area (TPSA) is 26.3 Å². The largest absolute Gasteiger partial charge is 0.447 e. The van der Waals surface area contributed by atoms with Gasteiger partial charge in [0.25, 0.3) is 0 Å². The SMILES string of the molecule is O=C1C=CC2(CCCc3ccccc32)O1. The molecule has 2 heteroatoms. The summed E-state index contributed by atoms with van der Waals surface area (Å²) in [6.45, 7) is 0. The van der Waals surface area contributed by atoms with Crippen molar-refractivity contribution in [3.63, 3.8) is 0 Å². The molecule has 1 atom stereocenters. The maximum Gasteiger partial charge on any atom is 0.331 e. The van der Waals surface area contributed by atoms with Gasteiger partial charge in [-0.2, -0.15) is 0 Å². The Bertz CT molecular complexity index is 448. The molecular formula is C13H12O2. The zero-order chi connectivity index (χ0) is 10.3. The minimum absolute atomic E-state index is 0.216. The van der Waals surface area contributed by atoms with Gasteiger partial charge in [-0.05, 0) is 30.9 Å². The molecule has 76 valence electrons. The Hall–Kier alpha value is -1.57. The summed E-state index contributed by atoms with van der Waals surface area (Å²) in [5, 5.41) is 0. The molecule has 2 aliphatic rings. The number of hydrogen-bond donors (Lipinski definition) is 0. The monoisotopic (exact) mass is 200 g/mol. The van der Waals surface area contributed by atoms with Crippen LogP contribution in [0.4, 0.5) is 0 Å². The molecule has 1 aliphatic heterocycles. The fourth-order valence-electron chi connectivity index (χ4n) is 2.56. The van der Waals surface area contributed by atoms with Crippen molar-refractivity contribution in [2.24, 2.45) is 0 Å². The molecule has 1 spiro atoms. The number of rotatable bonds is 0. The van der Waals surface area contributed by atoms with Crippen LogP contribution in [-0.4, -0.2) is 5.97 Å². The molecule has 2 nitrogen and oxygen atoms in total. The number of carbonyl (C=O) groups excluding carboxylic acids is 1. The van der Waals surface area contributed by atoms with Gasteiger partial charge in [0, 0.05) is 11.6 Å². The zero-order valence-corrected chi connectivity index (χ0v) is 8.40. The van der Waals surface area contributed by atoms with Gasteiger partial charge in [-0.1, -0.05) is 24.3 Å². The Morgan fingerprint density at radius 1 is 1.27 bits per heavy atom. The lowest BCUT2D eigenvalue weighted by Crippen LogP contribution is -2.30. The van der Waals surface area contributed by atoms with Crippen molar-refractivity contribution >= 4 is 5.97 Å². The third kappa shape index (κ3) is 1.21. The third-order valence-electron chi connectivity index (χ3n) is 3.24. The van der Waals surface area contributed by atoms with E-state index in [2.05, 4.69) is 12.1 Å². The third-order valence-corrected chi connectivity index (χ3v) is 3.24. The predicted molar refractivity (Wildman–Crippen MR) is 56.3 cm³/mol. The van der Waals surface area contributed by atoms with Gasteiger partial charge in [0.05, 0.1) is 0 Å². The van der Waals surface area contributed by atoms with Gasteiger partial charge in [0.1, 0.15) is 0 Å². The lowest BCUT2D eigenvalue weighted by Gasteiger charge is -2.33. The molecule has 0 saturated carbocycles. The van der Waals surface area contributed by atoms with Crippen LogP contribution in [0.25, 0.3) is 0 Å². The highest BCUT2D eigenvalue weighted by Gasteiger charge is 2.40. The summed E-state index contributed by atoms with van der Waals surface area (Å²) in [6, 6.07) is 8.23. The number of aryl methyl sites for hydroxylation is 1. The van der Waals surface area contributed by atoms with E-state index in [0.717, 1.165) is 19.3 Å². The number of esters is 1. The number of carbonyl (C=O) groups is 1. The van der Waals surface area contributed by atoms with Crippen molar-refractivity contribution < 1.29 is 9.53 Å². The minimum atomic E-state index is -0.452. The van der Waals surface area contributed by atoms with E-state index in [1.165, 1.54) is 11.1 Å². The highest BCUT2D eigenvalue weighted by atomic mass is 16.6. The Balaban J connectivity index is 2.14. The van der Waals surface area contributed by atoms with Crippen LogP contribution in [0, 0.1) is 0 Å². The van der Waals surface area contributed by atoms with Gasteiger partial charge in [0.15, 0.2) is 5.60 Å². The van der Waals surface area contributed by atoms with Gasteiger partial charge in [-0.25, -0.2) is 4.79 Å². The summed E-state index contributed by atoms with van der Waals surface area (Å²) in [5.41, 5.74) is 2.02. The second-order valence-corrected chi connectivity index (χ2v) is 4.15. The highest BCUT2D eigenvalue weighted by molar-refractivity contribution is 5.85. The van der Waals surface area contributed by atoms with E-state index in [9.17, 15) is 4.79 Å². The summed E-state index contributed by atoms with van der Waals surface area (Å²) in [5.74, 6) is -0.216. The number of benzene rings is 1. The molecule has 1 unspecified atom stereocenters. The maximum atomic E-state index is 11.2. The van der Waals surface area contributed by atoms with Crippen molar-refractivity contribution in [2.75, 3.05) is 0 Å². The van der Waals surface area contributed by atoms with E-state index in [1.54, 1.807) is 6.08 Å². The lowest BCUT2D eigenvalue weighted by atomic mass is 9.79. The van der Waals surface area contributed by atoms with Crippen LogP contribution in [0.5, 0.6) is 0 Å². The van der Waals surface area contributed by atoms with E-state index in [0.29, 0.717) is 0 Å². The van der Waals surface area contributed by atoms with Gasteiger partial charge < -0.3 is 4.74 Å². The Labute approximate surface area is 88.6 Å². The molecular weight excluding hydrogens is 188 g/mol. The molecule has 0 aromatic heterocycles. The van der Waals surface area contributed by atoms with Gasteiger partial charge in [-0.3, -0.25) is 0 Å². The number of ether oxygens (including phenoxy) is 1. The van der Waals surface area contributed by atoms with Crippen molar-refractivity contribution in [1.82, 2.24) is 0 Å². The van der Waals surface area contributed by atoms with Gasteiger partial charge in [-0.15, -0.1) is 0 Å². The standard InChI is InChI=1S/C13H12O2/c14-12-7-9-13(15-12)8-3-5-10-4-1-2-6-11(10)13/h1-2,4,6-7,9H,3,5,8H2. The molecule has 0 bridgehead atoms. The van der Waals surface area contributed by atoms with Crippen LogP contribution in [0.3, 0.4) is 0 Å². The summed E-state index contributed by atoms with van der Waals surface area (Å²) < 4.78 is 5.47. The molecule has 1 aromatic rings. The first-order chi connectivity index (χ1) is 7.30. The minimum Gasteiger partial charge on any atom is -0.447 e. The van der Waals surface area contributed by atoms with Gasteiger partial charge in [0.2, 0.25) is 0 Å². The molecule has 1 aromatic carbocycles. The second kappa shape index (κ2) is 2.96. The molecule has 0 amide bonds. The molecule has 0 radical (unpaired) electrons. The van der Waals surface area contributed by atoms with Crippen molar-refractivity contribution in [3.8, 4) is 0 Å². The molecule has 15 heavy (non-hydrogen) atoms. The number of fused-ring (bicyclic) bond motifs is 2. The van der Waals surface area contributed by atoms with E-state index >= 15 is 0 Å². The second-order valence-electron chi connectivity index (χ2n) is 4.15. The molecule has 1 heterocycles. The van der Waals surface area contributed by atoms with E-state index in [-0.39, 0.29) is 5.97 Å². The Kier molecular flexibility index (Phi) is 1.72. The lowest BCUT2D eigenvalue weighted by molar-refractivity contribution is -0.147. The van der Waals surface area contributed by atoms with Crippen molar-refractivity contribution in [3.05, 3.63) is 47.5 Å². The summed E-state index contributed by atoms with van der Waals surface area (Å²) in [6.07, 6.45) is 6.53. The molecule has 0 saturated heterocycles. The van der Waals surface area contributed by atoms with Crippen LogP contribution in [0.2, 0.25) is 0 Å². The smallest absolute Gasteiger partial charge is 0.331 e. The van der Waals surface area contributed by atoms with E-state index in [4.69, 9.17) is 4.74 Å². The quantitative estimate of drug-likeness (QED) is 0.601. The summed E-state index contributed by atoms with van der Waals surface area (Å²) in [7, 11) is 0. The van der Waals surface area contributed by atoms with Gasteiger partial charge >= 0.3 is 5.97 Å². The number of hydrogen-bond acceptors (Lipinski definition) is 2. The normalized spacial score (nSPS) is 27.9. The Morgan fingerprint density at radius 2 is 2.13 bits per heavy atom. The fourth-order valence-corrected chi connectivity index (χ4v) is 2.56. The molecule has 3 rings (SSSR count). The Morgan fingerprint density at radius 3 is 2.93 bits per heavy atom. The highest BCUT2D eigenvalue weighted by Crippen LogP contribution is 2.41. The van der Waals surface area contributed by atoms with Crippen molar-refractivity contribution in [2.45, 2.75) is 24.9 Å². The van der Waals surface area contributed by atoms with Crippen LogP contribution in [0.15, 0.2) is 36.4 Å². The average Bonchev–Trinajstić information content (AvgIpc) is 2.62. The maximum absolute atomic E-state index is 11.2. The zero-order valence-electron chi connectivity index (χ0n) is 8.40. The van der Waals surface area contributed by atoms with Crippen molar-refractivity contribution in [1.29, 1.82) is 0 Å². The summed E-state index contributed by atoms with van der Waals surface area (Å²) in [4.78, 5) is 11.2. The average molecular weight is 200 g/mol. The first-order valence-corrected chi connectivity index (χ1v) is 5.31. The van der Waals surface area contributed by atoms with Crippen LogP contribution >= 0.6 is 0 Å². The summed E-state index contributed by atoms with van der Waals surface area (Å²) >= 11 is 0. The first kappa shape index (κ1) is 8.72. The van der Waals surface area contributed by atoms with Crippen LogP contribution < -0.4 is 0 Å². The first-order valence-electron chi connectivity index (χ1n) is 5.31.